The maximum absolute atomic E-state index is 14.0. The van der Waals surface area contributed by atoms with Gasteiger partial charge < -0.3 is 15.3 Å². The van der Waals surface area contributed by atoms with E-state index in [1.165, 1.54) is 23.1 Å². The number of hydrogen-bond donors (Lipinski definition) is 2. The highest BCUT2D eigenvalue weighted by molar-refractivity contribution is 6.09. The highest BCUT2D eigenvalue weighted by Crippen LogP contribution is 2.27. The van der Waals surface area contributed by atoms with Crippen molar-refractivity contribution in [1.29, 1.82) is 0 Å². The third-order valence-corrected chi connectivity index (χ3v) is 5.16. The fourth-order valence-electron chi connectivity index (χ4n) is 3.70. The van der Waals surface area contributed by atoms with Gasteiger partial charge in [-0.15, -0.1) is 0 Å². The molecule has 7 heteroatoms. The van der Waals surface area contributed by atoms with E-state index < -0.39 is 23.6 Å². The number of hydrogen-bond acceptors (Lipinski definition) is 3. The van der Waals surface area contributed by atoms with E-state index in [9.17, 15) is 23.9 Å². The highest BCUT2D eigenvalue weighted by Gasteiger charge is 2.33. The summed E-state index contributed by atoms with van der Waals surface area (Å²) in [5.74, 6) is -3.15. The van der Waals surface area contributed by atoms with Gasteiger partial charge in [-0.25, -0.2) is 4.39 Å². The number of para-hydroxylation sites is 1. The Morgan fingerprint density at radius 2 is 1.76 bits per heavy atom. The second-order valence-corrected chi connectivity index (χ2v) is 7.52. The molecule has 0 aromatic heterocycles. The average Bonchev–Trinajstić information content (AvgIpc) is 2.68. The molecule has 0 spiro atoms. The molecule has 3 rings (SSSR count). The number of halogens is 1. The van der Waals surface area contributed by atoms with Crippen LogP contribution in [0.25, 0.3) is 0 Å². The lowest BCUT2D eigenvalue weighted by Gasteiger charge is -2.35. The minimum Gasteiger partial charge on any atom is -0.481 e. The number of nitrogens with zero attached hydrogens (tertiary/aromatic N) is 1. The molecular formula is C22H23FN2O4. The SMILES string of the molecule is Cc1cccc(C(=O)N2CC(C)CC(C(=O)O)C2)c1NC(=O)c1ccccc1F. The second-order valence-electron chi connectivity index (χ2n) is 7.52. The van der Waals surface area contributed by atoms with Crippen LogP contribution in [-0.2, 0) is 4.79 Å². The van der Waals surface area contributed by atoms with Crippen LogP contribution in [0.2, 0.25) is 0 Å². The molecule has 1 heterocycles. The number of amides is 2. The van der Waals surface area contributed by atoms with Crippen LogP contribution in [0, 0.1) is 24.6 Å². The number of anilines is 1. The van der Waals surface area contributed by atoms with Crippen LogP contribution in [-0.4, -0.2) is 40.9 Å². The number of likely N-dealkylation sites (tertiary alicyclic amines) is 1. The maximum atomic E-state index is 14.0. The summed E-state index contributed by atoms with van der Waals surface area (Å²) in [6.07, 6.45) is 0.518. The molecule has 152 valence electrons. The van der Waals surface area contributed by atoms with Gasteiger partial charge >= 0.3 is 5.97 Å². The number of carbonyl (C=O) groups is 3. The minimum atomic E-state index is -0.924. The molecule has 6 nitrogen and oxygen atoms in total. The number of piperidine rings is 1. The van der Waals surface area contributed by atoms with Gasteiger partial charge in [0, 0.05) is 13.1 Å². The zero-order valence-corrected chi connectivity index (χ0v) is 16.3. The van der Waals surface area contributed by atoms with E-state index >= 15 is 0 Å². The Bertz CT molecular complexity index is 960. The maximum Gasteiger partial charge on any atom is 0.308 e. The second kappa shape index (κ2) is 8.43. The van der Waals surface area contributed by atoms with Crippen molar-refractivity contribution in [3.8, 4) is 0 Å². The van der Waals surface area contributed by atoms with Crippen LogP contribution in [0.3, 0.4) is 0 Å². The highest BCUT2D eigenvalue weighted by atomic mass is 19.1. The van der Waals surface area contributed by atoms with Crippen molar-refractivity contribution in [2.24, 2.45) is 11.8 Å². The third-order valence-electron chi connectivity index (χ3n) is 5.16. The summed E-state index contributed by atoms with van der Waals surface area (Å²) in [6, 6.07) is 10.6. The van der Waals surface area contributed by atoms with E-state index in [0.717, 1.165) is 0 Å². The van der Waals surface area contributed by atoms with Crippen LogP contribution in [0.4, 0.5) is 10.1 Å². The normalized spacial score (nSPS) is 18.9. The van der Waals surface area contributed by atoms with Crippen LogP contribution in [0.5, 0.6) is 0 Å². The zero-order valence-electron chi connectivity index (χ0n) is 16.3. The Labute approximate surface area is 168 Å². The van der Waals surface area contributed by atoms with E-state index in [0.29, 0.717) is 24.2 Å². The van der Waals surface area contributed by atoms with Gasteiger partial charge in [0.25, 0.3) is 11.8 Å². The Morgan fingerprint density at radius 1 is 1.07 bits per heavy atom. The van der Waals surface area contributed by atoms with Crippen LogP contribution in [0.1, 0.15) is 39.6 Å². The summed E-state index contributed by atoms with van der Waals surface area (Å²) >= 11 is 0. The smallest absolute Gasteiger partial charge is 0.308 e. The minimum absolute atomic E-state index is 0.0510. The number of aliphatic carboxylic acids is 1. The summed E-state index contributed by atoms with van der Waals surface area (Å²) in [7, 11) is 0. The van der Waals surface area contributed by atoms with Crippen molar-refractivity contribution < 1.29 is 23.9 Å². The number of carboxylic acids is 1. The Hall–Kier alpha value is -3.22. The van der Waals surface area contributed by atoms with Crippen molar-refractivity contribution in [2.75, 3.05) is 18.4 Å². The Kier molecular flexibility index (Phi) is 5.96. The summed E-state index contributed by atoms with van der Waals surface area (Å²) in [6.45, 7) is 4.21. The van der Waals surface area contributed by atoms with Crippen molar-refractivity contribution in [1.82, 2.24) is 4.90 Å². The topological polar surface area (TPSA) is 86.7 Å². The summed E-state index contributed by atoms with van der Waals surface area (Å²) < 4.78 is 14.0. The molecule has 1 aliphatic rings. The largest absolute Gasteiger partial charge is 0.481 e. The van der Waals surface area contributed by atoms with Crippen LogP contribution >= 0.6 is 0 Å². The molecule has 2 atom stereocenters. The van der Waals surface area contributed by atoms with Crippen molar-refractivity contribution in [3.05, 3.63) is 65.0 Å². The number of nitrogens with one attached hydrogen (secondary N) is 1. The molecule has 2 aromatic carbocycles. The predicted octanol–water partition coefficient (Wildman–Crippen LogP) is 3.57. The molecule has 0 aliphatic carbocycles. The molecule has 1 fully saturated rings. The molecular weight excluding hydrogens is 375 g/mol. The zero-order chi connectivity index (χ0) is 21.1. The van der Waals surface area contributed by atoms with Gasteiger partial charge in [0.15, 0.2) is 0 Å². The molecule has 2 unspecified atom stereocenters. The molecule has 2 N–H and O–H groups in total. The number of rotatable bonds is 4. The quantitative estimate of drug-likeness (QED) is 0.824. The summed E-state index contributed by atoms with van der Waals surface area (Å²) in [5.41, 5.74) is 1.09. The van der Waals surface area contributed by atoms with E-state index in [2.05, 4.69) is 5.32 Å². The van der Waals surface area contributed by atoms with E-state index in [-0.39, 0.29) is 29.5 Å². The van der Waals surface area contributed by atoms with Crippen molar-refractivity contribution in [2.45, 2.75) is 20.3 Å². The summed E-state index contributed by atoms with van der Waals surface area (Å²) in [4.78, 5) is 38.7. The summed E-state index contributed by atoms with van der Waals surface area (Å²) in [5, 5.41) is 12.0. The lowest BCUT2D eigenvalue weighted by molar-refractivity contribution is -0.143. The first-order chi connectivity index (χ1) is 13.8. The van der Waals surface area contributed by atoms with Gasteiger partial charge in [-0.1, -0.05) is 31.2 Å². The molecule has 29 heavy (non-hydrogen) atoms. The van der Waals surface area contributed by atoms with Crippen LogP contribution in [0.15, 0.2) is 42.5 Å². The van der Waals surface area contributed by atoms with E-state index in [1.54, 1.807) is 31.2 Å². The fraction of sp³-hybridized carbons (Fsp3) is 0.318. The molecule has 0 radical (unpaired) electrons. The number of carboxylic acid groups (broad SMARTS) is 1. The van der Waals surface area contributed by atoms with Crippen molar-refractivity contribution in [3.63, 3.8) is 0 Å². The van der Waals surface area contributed by atoms with Gasteiger partial charge in [-0.3, -0.25) is 14.4 Å². The van der Waals surface area contributed by atoms with Gasteiger partial charge in [-0.2, -0.15) is 0 Å². The molecule has 0 saturated carbocycles. The molecule has 0 bridgehead atoms. The first kappa shape index (κ1) is 20.5. The number of aryl methyl sites for hydroxylation is 1. The molecule has 1 saturated heterocycles. The predicted molar refractivity (Wildman–Crippen MR) is 106 cm³/mol. The lowest BCUT2D eigenvalue weighted by atomic mass is 9.90. The average molecular weight is 398 g/mol. The molecule has 2 amide bonds. The van der Waals surface area contributed by atoms with Gasteiger partial charge in [-0.05, 0) is 43.0 Å². The molecule has 2 aromatic rings. The number of carbonyl (C=O) groups excluding carboxylic acids is 2. The third kappa shape index (κ3) is 4.45. The van der Waals surface area contributed by atoms with E-state index in [1.807, 2.05) is 6.92 Å². The first-order valence-electron chi connectivity index (χ1n) is 9.45. The Morgan fingerprint density at radius 3 is 2.45 bits per heavy atom. The Balaban J connectivity index is 1.90. The van der Waals surface area contributed by atoms with Crippen molar-refractivity contribution >= 4 is 23.5 Å². The van der Waals surface area contributed by atoms with Gasteiger partial charge in [0.1, 0.15) is 5.82 Å². The van der Waals surface area contributed by atoms with E-state index in [4.69, 9.17) is 0 Å². The standard InChI is InChI=1S/C22H23FN2O4/c1-13-10-15(22(28)29)12-25(11-13)21(27)17-8-5-6-14(2)19(17)24-20(26)16-7-3-4-9-18(16)23/h3-9,13,15H,10-12H2,1-2H3,(H,24,26)(H,28,29). The monoisotopic (exact) mass is 398 g/mol. The first-order valence-corrected chi connectivity index (χ1v) is 9.45. The van der Waals surface area contributed by atoms with Crippen LogP contribution < -0.4 is 5.32 Å². The van der Waals surface area contributed by atoms with Gasteiger partial charge in [0.2, 0.25) is 0 Å². The lowest BCUT2D eigenvalue weighted by Crippen LogP contribution is -2.45. The van der Waals surface area contributed by atoms with Gasteiger partial charge in [0.05, 0.1) is 22.7 Å². The molecule has 1 aliphatic heterocycles. The number of benzene rings is 2. The fourth-order valence-corrected chi connectivity index (χ4v) is 3.70.